The number of benzene rings is 1. The minimum absolute atomic E-state index is 0.264. The van der Waals surface area contributed by atoms with Crippen LogP contribution in [0.4, 0.5) is 0 Å². The van der Waals surface area contributed by atoms with Crippen LogP contribution >= 0.6 is 0 Å². The van der Waals surface area contributed by atoms with E-state index in [2.05, 4.69) is 5.43 Å². The Bertz CT molecular complexity index is 399. The summed E-state index contributed by atoms with van der Waals surface area (Å²) in [7, 11) is 0. The molecular weight excluding hydrogens is 180 g/mol. The Balaban J connectivity index is 2.36. The van der Waals surface area contributed by atoms with Gasteiger partial charge in [0.05, 0.1) is 5.57 Å². The summed E-state index contributed by atoms with van der Waals surface area (Å²) in [6.07, 6.45) is 1.78. The summed E-state index contributed by atoms with van der Waals surface area (Å²) in [5.74, 6) is 5.51. The van der Waals surface area contributed by atoms with Crippen molar-refractivity contribution in [1.29, 1.82) is 0 Å². The van der Waals surface area contributed by atoms with Gasteiger partial charge in [0.1, 0.15) is 12.4 Å². The van der Waals surface area contributed by atoms with E-state index in [1.54, 1.807) is 6.08 Å². The van der Waals surface area contributed by atoms with Crippen molar-refractivity contribution in [2.45, 2.75) is 0 Å². The van der Waals surface area contributed by atoms with Crippen LogP contribution < -0.4 is 16.0 Å². The smallest absolute Gasteiger partial charge is 0.264 e. The molecule has 2 rings (SSSR count). The standard InChI is InChI=1S/C10H10N2O2/c11-12-10(13)8-5-7-3-1-2-4-9(7)14-6-8/h1-5H,6,11H2,(H,12,13). The maximum absolute atomic E-state index is 11.2. The Kier molecular flexibility index (Phi) is 2.20. The number of carbonyl (C=O) groups is 1. The zero-order chi connectivity index (χ0) is 9.97. The van der Waals surface area contributed by atoms with Crippen LogP contribution in [0.15, 0.2) is 29.8 Å². The first-order valence-corrected chi connectivity index (χ1v) is 4.24. The van der Waals surface area contributed by atoms with Crippen molar-refractivity contribution in [3.63, 3.8) is 0 Å². The Morgan fingerprint density at radius 1 is 1.43 bits per heavy atom. The predicted octanol–water partition coefficient (Wildman–Crippen LogP) is 0.452. The molecule has 0 fully saturated rings. The third kappa shape index (κ3) is 1.47. The summed E-state index contributed by atoms with van der Waals surface area (Å²) in [5.41, 5.74) is 3.51. The molecule has 1 aromatic rings. The minimum atomic E-state index is -0.306. The Labute approximate surface area is 81.3 Å². The average Bonchev–Trinajstić information content (AvgIpc) is 2.27. The number of nitrogens with two attached hydrogens (primary N) is 1. The predicted molar refractivity (Wildman–Crippen MR) is 52.2 cm³/mol. The lowest BCUT2D eigenvalue weighted by molar-refractivity contribution is -0.117. The first kappa shape index (κ1) is 8.77. The van der Waals surface area contributed by atoms with Crippen LogP contribution in [-0.2, 0) is 4.79 Å². The second-order valence-corrected chi connectivity index (χ2v) is 2.97. The molecule has 1 aliphatic heterocycles. The normalized spacial score (nSPS) is 13.6. The highest BCUT2D eigenvalue weighted by molar-refractivity contribution is 5.98. The van der Waals surface area contributed by atoms with Crippen LogP contribution in [0.2, 0.25) is 0 Å². The lowest BCUT2D eigenvalue weighted by Crippen LogP contribution is -2.33. The number of hydrogen-bond donors (Lipinski definition) is 2. The summed E-state index contributed by atoms with van der Waals surface area (Å²) in [6, 6.07) is 7.53. The SMILES string of the molecule is NNC(=O)C1=Cc2ccccc2OC1. The van der Waals surface area contributed by atoms with Gasteiger partial charge in [-0.15, -0.1) is 0 Å². The first-order valence-electron chi connectivity index (χ1n) is 4.24. The molecular formula is C10H10N2O2. The second-order valence-electron chi connectivity index (χ2n) is 2.97. The quantitative estimate of drug-likeness (QED) is 0.384. The van der Waals surface area contributed by atoms with Gasteiger partial charge in [0.15, 0.2) is 0 Å². The number of ether oxygens (including phenoxy) is 1. The van der Waals surface area contributed by atoms with Crippen molar-refractivity contribution in [2.75, 3.05) is 6.61 Å². The van der Waals surface area contributed by atoms with E-state index < -0.39 is 0 Å². The van der Waals surface area contributed by atoms with Crippen LogP contribution in [0.1, 0.15) is 5.56 Å². The monoisotopic (exact) mass is 190 g/mol. The number of hydrazine groups is 1. The van der Waals surface area contributed by atoms with Gasteiger partial charge in [0.2, 0.25) is 0 Å². The van der Waals surface area contributed by atoms with Gasteiger partial charge in [-0.2, -0.15) is 0 Å². The fraction of sp³-hybridized carbons (Fsp3) is 0.100. The molecule has 1 aliphatic rings. The van der Waals surface area contributed by atoms with Crippen molar-refractivity contribution in [1.82, 2.24) is 5.43 Å². The molecule has 1 aromatic carbocycles. The van der Waals surface area contributed by atoms with Gasteiger partial charge < -0.3 is 4.74 Å². The van der Waals surface area contributed by atoms with E-state index in [-0.39, 0.29) is 12.5 Å². The number of nitrogens with one attached hydrogen (secondary N) is 1. The number of fused-ring (bicyclic) bond motifs is 1. The summed E-state index contributed by atoms with van der Waals surface area (Å²) in [6.45, 7) is 0.264. The fourth-order valence-corrected chi connectivity index (χ4v) is 1.34. The highest BCUT2D eigenvalue weighted by Crippen LogP contribution is 2.25. The van der Waals surface area contributed by atoms with Gasteiger partial charge in [-0.05, 0) is 12.1 Å². The molecule has 0 spiro atoms. The molecule has 72 valence electrons. The van der Waals surface area contributed by atoms with Crippen LogP contribution in [0, 0.1) is 0 Å². The number of hydrogen-bond acceptors (Lipinski definition) is 3. The average molecular weight is 190 g/mol. The van der Waals surface area contributed by atoms with E-state index in [1.807, 2.05) is 24.3 Å². The fourth-order valence-electron chi connectivity index (χ4n) is 1.34. The third-order valence-electron chi connectivity index (χ3n) is 2.05. The maximum Gasteiger partial charge on any atom is 0.264 e. The van der Waals surface area contributed by atoms with E-state index in [1.165, 1.54) is 0 Å². The summed E-state index contributed by atoms with van der Waals surface area (Å²) < 4.78 is 5.37. The highest BCUT2D eigenvalue weighted by Gasteiger charge is 2.15. The van der Waals surface area contributed by atoms with Gasteiger partial charge in [-0.1, -0.05) is 18.2 Å². The zero-order valence-corrected chi connectivity index (χ0v) is 7.49. The molecule has 4 nitrogen and oxygen atoms in total. The maximum atomic E-state index is 11.2. The molecule has 0 aromatic heterocycles. The molecule has 0 unspecified atom stereocenters. The molecule has 4 heteroatoms. The van der Waals surface area contributed by atoms with Gasteiger partial charge in [0, 0.05) is 5.56 Å². The number of para-hydroxylation sites is 1. The summed E-state index contributed by atoms with van der Waals surface area (Å²) in [4.78, 5) is 11.2. The van der Waals surface area contributed by atoms with Crippen molar-refractivity contribution >= 4 is 12.0 Å². The third-order valence-corrected chi connectivity index (χ3v) is 2.05. The van der Waals surface area contributed by atoms with E-state index in [9.17, 15) is 4.79 Å². The lowest BCUT2D eigenvalue weighted by Gasteiger charge is -2.16. The Morgan fingerprint density at radius 2 is 2.21 bits per heavy atom. The molecule has 0 saturated carbocycles. The van der Waals surface area contributed by atoms with Crippen LogP contribution in [0.3, 0.4) is 0 Å². The van der Waals surface area contributed by atoms with Crippen molar-refractivity contribution in [3.05, 3.63) is 35.4 Å². The van der Waals surface area contributed by atoms with Crippen LogP contribution in [0.25, 0.3) is 6.08 Å². The van der Waals surface area contributed by atoms with Crippen molar-refractivity contribution < 1.29 is 9.53 Å². The topological polar surface area (TPSA) is 64.3 Å². The molecule has 3 N–H and O–H groups in total. The van der Waals surface area contributed by atoms with Crippen LogP contribution in [-0.4, -0.2) is 12.5 Å². The summed E-state index contributed by atoms with van der Waals surface area (Å²) in [5, 5.41) is 0. The molecule has 0 bridgehead atoms. The molecule has 0 aliphatic carbocycles. The molecule has 0 atom stereocenters. The molecule has 14 heavy (non-hydrogen) atoms. The van der Waals surface area contributed by atoms with Crippen molar-refractivity contribution in [3.8, 4) is 5.75 Å². The largest absolute Gasteiger partial charge is 0.488 e. The second kappa shape index (κ2) is 3.51. The van der Waals surface area contributed by atoms with Crippen LogP contribution in [0.5, 0.6) is 5.75 Å². The van der Waals surface area contributed by atoms with Crippen molar-refractivity contribution in [2.24, 2.45) is 5.84 Å². The van der Waals surface area contributed by atoms with Gasteiger partial charge in [-0.25, -0.2) is 5.84 Å². The van der Waals surface area contributed by atoms with Gasteiger partial charge >= 0.3 is 0 Å². The highest BCUT2D eigenvalue weighted by atomic mass is 16.5. The van der Waals surface area contributed by atoms with E-state index in [0.717, 1.165) is 11.3 Å². The molecule has 0 saturated heterocycles. The Hall–Kier alpha value is -1.81. The molecule has 1 amide bonds. The number of amides is 1. The Morgan fingerprint density at radius 3 is 3.00 bits per heavy atom. The van der Waals surface area contributed by atoms with Gasteiger partial charge in [0.25, 0.3) is 5.91 Å². The number of rotatable bonds is 1. The molecule has 0 radical (unpaired) electrons. The van der Waals surface area contributed by atoms with E-state index in [0.29, 0.717) is 5.57 Å². The number of carbonyl (C=O) groups excluding carboxylic acids is 1. The van der Waals surface area contributed by atoms with E-state index in [4.69, 9.17) is 10.6 Å². The zero-order valence-electron chi connectivity index (χ0n) is 7.49. The first-order chi connectivity index (χ1) is 6.81. The van der Waals surface area contributed by atoms with Gasteiger partial charge in [-0.3, -0.25) is 10.2 Å². The molecule has 1 heterocycles. The minimum Gasteiger partial charge on any atom is -0.488 e. The van der Waals surface area contributed by atoms with E-state index >= 15 is 0 Å². The lowest BCUT2D eigenvalue weighted by atomic mass is 10.1. The summed E-state index contributed by atoms with van der Waals surface area (Å²) >= 11 is 0.